The summed E-state index contributed by atoms with van der Waals surface area (Å²) in [6.07, 6.45) is 5.16. The van der Waals surface area contributed by atoms with Crippen LogP contribution in [0.1, 0.15) is 12.8 Å². The number of hydrogen-bond acceptors (Lipinski definition) is 6. The summed E-state index contributed by atoms with van der Waals surface area (Å²) < 4.78 is 12.7. The van der Waals surface area contributed by atoms with Gasteiger partial charge in [0.2, 0.25) is 0 Å². The van der Waals surface area contributed by atoms with Crippen molar-refractivity contribution in [3.05, 3.63) is 22.7 Å². The number of anilines is 1. The van der Waals surface area contributed by atoms with Gasteiger partial charge < -0.3 is 29.6 Å². The maximum atomic E-state index is 12.3. The summed E-state index contributed by atoms with van der Waals surface area (Å²) in [5.41, 5.74) is -0.190. The summed E-state index contributed by atoms with van der Waals surface area (Å²) in [6.45, 7) is 3.24. The Balaban J connectivity index is 1.46. The van der Waals surface area contributed by atoms with Crippen molar-refractivity contribution in [3.8, 4) is 0 Å². The van der Waals surface area contributed by atoms with Crippen LogP contribution in [-0.2, 0) is 16.5 Å². The Hall–Kier alpha value is -2.13. The highest BCUT2D eigenvalue weighted by Crippen LogP contribution is 2.11. The highest BCUT2D eigenvalue weighted by molar-refractivity contribution is 5.74. The maximum absolute atomic E-state index is 12.3. The third-order valence-corrected chi connectivity index (χ3v) is 4.44. The molecule has 0 bridgehead atoms. The van der Waals surface area contributed by atoms with E-state index in [0.29, 0.717) is 32.8 Å². The Bertz CT molecular complexity index is 644. The Morgan fingerprint density at radius 3 is 2.96 bits per heavy atom. The number of urea groups is 1. The van der Waals surface area contributed by atoms with Crippen LogP contribution < -0.4 is 16.2 Å². The molecule has 1 aromatic rings. The van der Waals surface area contributed by atoms with E-state index in [0.717, 1.165) is 19.4 Å². The topological polar surface area (TPSA) is 97.7 Å². The lowest BCUT2D eigenvalue weighted by atomic mass is 10.2. The molecule has 25 heavy (non-hydrogen) atoms. The number of aryl methyl sites for hydroxylation is 1. The first-order valence-corrected chi connectivity index (χ1v) is 8.65. The van der Waals surface area contributed by atoms with Gasteiger partial charge in [0.1, 0.15) is 0 Å². The fourth-order valence-electron chi connectivity index (χ4n) is 2.98. The predicted octanol–water partition coefficient (Wildman–Crippen LogP) is -0.218. The van der Waals surface area contributed by atoms with E-state index >= 15 is 0 Å². The Kier molecular flexibility index (Phi) is 5.87. The number of nitrogens with zero attached hydrogens (tertiary/aromatic N) is 3. The number of rotatable bonds is 5. The quantitative estimate of drug-likeness (QED) is 0.761. The van der Waals surface area contributed by atoms with Crippen LogP contribution in [0.3, 0.4) is 0 Å². The molecule has 0 unspecified atom stereocenters. The third kappa shape index (κ3) is 4.70. The summed E-state index contributed by atoms with van der Waals surface area (Å²) >= 11 is 0. The molecule has 0 aromatic carbocycles. The van der Waals surface area contributed by atoms with E-state index < -0.39 is 0 Å². The number of ether oxygens (including phenoxy) is 2. The molecule has 2 N–H and O–H groups in total. The first-order chi connectivity index (χ1) is 12.1. The summed E-state index contributed by atoms with van der Waals surface area (Å²) in [7, 11) is 1.67. The van der Waals surface area contributed by atoms with Crippen LogP contribution in [0.4, 0.5) is 10.6 Å². The minimum Gasteiger partial charge on any atom is -0.376 e. The molecule has 9 heteroatoms. The second kappa shape index (κ2) is 8.30. The second-order valence-electron chi connectivity index (χ2n) is 6.33. The maximum Gasteiger partial charge on any atom is 0.317 e. The molecule has 2 saturated heterocycles. The van der Waals surface area contributed by atoms with E-state index in [1.165, 1.54) is 4.57 Å². The van der Waals surface area contributed by atoms with Crippen LogP contribution in [0, 0.1) is 0 Å². The average molecular weight is 351 g/mol. The smallest absolute Gasteiger partial charge is 0.317 e. The number of carbonyl (C=O) groups is 1. The minimum absolute atomic E-state index is 0.0995. The van der Waals surface area contributed by atoms with Crippen molar-refractivity contribution >= 4 is 11.8 Å². The first-order valence-electron chi connectivity index (χ1n) is 8.65. The number of carbonyl (C=O) groups excluding carboxylic acids is 1. The van der Waals surface area contributed by atoms with Crippen LogP contribution in [0.2, 0.25) is 0 Å². The number of aromatic nitrogens is 2. The van der Waals surface area contributed by atoms with Gasteiger partial charge in [0.25, 0.3) is 5.56 Å². The fourth-order valence-corrected chi connectivity index (χ4v) is 2.98. The Morgan fingerprint density at radius 1 is 1.32 bits per heavy atom. The van der Waals surface area contributed by atoms with Crippen molar-refractivity contribution in [2.75, 3.05) is 44.7 Å². The zero-order chi connectivity index (χ0) is 17.6. The van der Waals surface area contributed by atoms with Gasteiger partial charge in [-0.05, 0) is 12.8 Å². The molecule has 3 rings (SSSR count). The van der Waals surface area contributed by atoms with Crippen molar-refractivity contribution in [3.63, 3.8) is 0 Å². The van der Waals surface area contributed by atoms with Crippen LogP contribution in [0.25, 0.3) is 0 Å². The lowest BCUT2D eigenvalue weighted by molar-refractivity contribution is -0.00702. The number of morpholine rings is 1. The molecular weight excluding hydrogens is 326 g/mol. The molecular formula is C16H25N5O4. The summed E-state index contributed by atoms with van der Waals surface area (Å²) in [5.74, 6) is 0.286. The van der Waals surface area contributed by atoms with E-state index in [1.807, 2.05) is 0 Å². The van der Waals surface area contributed by atoms with Gasteiger partial charge in [-0.3, -0.25) is 4.79 Å². The van der Waals surface area contributed by atoms with Crippen molar-refractivity contribution < 1.29 is 14.3 Å². The Morgan fingerprint density at radius 2 is 2.16 bits per heavy atom. The van der Waals surface area contributed by atoms with Crippen molar-refractivity contribution in [2.45, 2.75) is 25.0 Å². The second-order valence-corrected chi connectivity index (χ2v) is 6.33. The molecule has 2 aliphatic heterocycles. The highest BCUT2D eigenvalue weighted by atomic mass is 16.5. The van der Waals surface area contributed by atoms with Gasteiger partial charge in [0.15, 0.2) is 5.82 Å². The Labute approximate surface area is 146 Å². The average Bonchev–Trinajstić information content (AvgIpc) is 3.15. The molecule has 2 aliphatic rings. The van der Waals surface area contributed by atoms with Gasteiger partial charge in [-0.15, -0.1) is 0 Å². The monoisotopic (exact) mass is 351 g/mol. The normalized spacial score (nSPS) is 23.5. The molecule has 2 fully saturated rings. The molecule has 0 spiro atoms. The highest BCUT2D eigenvalue weighted by Gasteiger charge is 2.25. The van der Waals surface area contributed by atoms with Gasteiger partial charge in [-0.1, -0.05) is 0 Å². The lowest BCUT2D eigenvalue weighted by Crippen LogP contribution is -2.52. The van der Waals surface area contributed by atoms with E-state index in [9.17, 15) is 9.59 Å². The van der Waals surface area contributed by atoms with Crippen molar-refractivity contribution in [2.24, 2.45) is 7.05 Å². The van der Waals surface area contributed by atoms with Crippen LogP contribution in [0.5, 0.6) is 0 Å². The number of amides is 2. The molecule has 2 atom stereocenters. The van der Waals surface area contributed by atoms with Gasteiger partial charge in [0.05, 0.1) is 25.4 Å². The molecule has 0 saturated carbocycles. The van der Waals surface area contributed by atoms with Gasteiger partial charge in [-0.2, -0.15) is 0 Å². The fraction of sp³-hybridized carbons (Fsp3) is 0.688. The summed E-state index contributed by atoms with van der Waals surface area (Å²) in [5, 5.41) is 5.94. The van der Waals surface area contributed by atoms with E-state index in [4.69, 9.17) is 9.47 Å². The standard InChI is InChI=1S/C16H25N5O4/c1-20-5-4-17-14(15(20)22)18-10-13-11-21(6-8-25-13)16(23)19-9-12-3-2-7-24-12/h4-5,12-13H,2-3,6-11H2,1H3,(H,17,18)(H,19,23)/t12-,13-/m0/s1. The number of hydrogen-bond donors (Lipinski definition) is 2. The zero-order valence-corrected chi connectivity index (χ0v) is 14.4. The minimum atomic E-state index is -0.190. The van der Waals surface area contributed by atoms with E-state index in [1.54, 1.807) is 24.3 Å². The number of nitrogens with one attached hydrogen (secondary N) is 2. The molecule has 3 heterocycles. The lowest BCUT2D eigenvalue weighted by Gasteiger charge is -2.33. The van der Waals surface area contributed by atoms with Gasteiger partial charge in [-0.25, -0.2) is 9.78 Å². The van der Waals surface area contributed by atoms with Crippen molar-refractivity contribution in [1.82, 2.24) is 19.8 Å². The molecule has 138 valence electrons. The van der Waals surface area contributed by atoms with Crippen LogP contribution in [0.15, 0.2) is 17.2 Å². The largest absolute Gasteiger partial charge is 0.376 e. The zero-order valence-electron chi connectivity index (χ0n) is 14.4. The van der Waals surface area contributed by atoms with Crippen molar-refractivity contribution in [1.29, 1.82) is 0 Å². The molecule has 0 aliphatic carbocycles. The SMILES string of the molecule is Cn1ccnc(NC[C@H]2CN(C(=O)NC[C@@H]3CCCO3)CCO2)c1=O. The van der Waals surface area contributed by atoms with Crippen LogP contribution in [-0.4, -0.2) is 72.1 Å². The van der Waals surface area contributed by atoms with Crippen LogP contribution >= 0.6 is 0 Å². The predicted molar refractivity (Wildman–Crippen MR) is 91.7 cm³/mol. The molecule has 2 amide bonds. The molecule has 9 nitrogen and oxygen atoms in total. The third-order valence-electron chi connectivity index (χ3n) is 4.44. The van der Waals surface area contributed by atoms with Gasteiger partial charge in [0, 0.05) is 45.7 Å². The molecule has 1 aromatic heterocycles. The first kappa shape index (κ1) is 17.7. The summed E-state index contributed by atoms with van der Waals surface area (Å²) in [4.78, 5) is 30.0. The van der Waals surface area contributed by atoms with E-state index in [-0.39, 0.29) is 29.6 Å². The molecule has 0 radical (unpaired) electrons. The summed E-state index contributed by atoms with van der Waals surface area (Å²) in [6, 6.07) is -0.0995. The van der Waals surface area contributed by atoms with Gasteiger partial charge >= 0.3 is 6.03 Å². The van der Waals surface area contributed by atoms with E-state index in [2.05, 4.69) is 15.6 Å².